The molecule has 3 nitrogen and oxygen atoms in total. The van der Waals surface area contributed by atoms with Crippen LogP contribution in [0.3, 0.4) is 0 Å². The molecule has 0 saturated carbocycles. The van der Waals surface area contributed by atoms with E-state index in [0.717, 1.165) is 24.6 Å². The molecule has 0 atom stereocenters. The highest BCUT2D eigenvalue weighted by Crippen LogP contribution is 2.14. The van der Waals surface area contributed by atoms with E-state index < -0.39 is 0 Å². The van der Waals surface area contributed by atoms with Crippen LogP contribution in [0.1, 0.15) is 47.2 Å². The number of rotatable bonds is 5. The molecule has 0 aliphatic rings. The average Bonchev–Trinajstić information content (AvgIpc) is 2.26. The van der Waals surface area contributed by atoms with Crippen LogP contribution >= 0.6 is 0 Å². The molecule has 18 heavy (non-hydrogen) atoms. The lowest BCUT2D eigenvalue weighted by atomic mass is 10.1. The summed E-state index contributed by atoms with van der Waals surface area (Å²) in [5.74, 6) is 1.07. The van der Waals surface area contributed by atoms with Crippen LogP contribution in [0.25, 0.3) is 0 Å². The molecule has 1 heterocycles. The van der Waals surface area contributed by atoms with Gasteiger partial charge in [-0.05, 0) is 53.7 Å². The number of hydrogen-bond donors (Lipinski definition) is 1. The zero-order valence-electron chi connectivity index (χ0n) is 12.6. The zero-order valence-corrected chi connectivity index (χ0v) is 12.6. The SMILES string of the molecule is CCN(c1cccc(CNC(C)(C)C)n1)C(C)C. The molecule has 0 amide bonds. The molecule has 0 unspecified atom stereocenters. The first kappa shape index (κ1) is 15.0. The second-order valence-corrected chi connectivity index (χ2v) is 5.97. The monoisotopic (exact) mass is 249 g/mol. The fourth-order valence-electron chi connectivity index (χ4n) is 1.87. The molecule has 1 aromatic rings. The summed E-state index contributed by atoms with van der Waals surface area (Å²) in [5, 5.41) is 3.47. The first-order chi connectivity index (χ1) is 8.33. The second-order valence-electron chi connectivity index (χ2n) is 5.97. The van der Waals surface area contributed by atoms with Crippen molar-refractivity contribution in [1.29, 1.82) is 0 Å². The third-order valence-electron chi connectivity index (χ3n) is 2.85. The number of nitrogens with zero attached hydrogens (tertiary/aromatic N) is 2. The van der Waals surface area contributed by atoms with E-state index in [1.54, 1.807) is 0 Å². The normalized spacial score (nSPS) is 11.9. The van der Waals surface area contributed by atoms with Gasteiger partial charge < -0.3 is 10.2 Å². The highest BCUT2D eigenvalue weighted by Gasteiger charge is 2.12. The summed E-state index contributed by atoms with van der Waals surface area (Å²) >= 11 is 0. The predicted molar refractivity (Wildman–Crippen MR) is 79.0 cm³/mol. The molecule has 1 aromatic heterocycles. The van der Waals surface area contributed by atoms with Gasteiger partial charge in [-0.25, -0.2) is 4.98 Å². The van der Waals surface area contributed by atoms with Crippen LogP contribution in [0, 0.1) is 0 Å². The van der Waals surface area contributed by atoms with E-state index in [1.807, 2.05) is 0 Å². The fourth-order valence-corrected chi connectivity index (χ4v) is 1.87. The Morgan fingerprint density at radius 1 is 1.28 bits per heavy atom. The summed E-state index contributed by atoms with van der Waals surface area (Å²) in [7, 11) is 0. The van der Waals surface area contributed by atoms with Crippen LogP contribution < -0.4 is 10.2 Å². The van der Waals surface area contributed by atoms with Gasteiger partial charge in [0.15, 0.2) is 0 Å². The van der Waals surface area contributed by atoms with Crippen LogP contribution in [0.2, 0.25) is 0 Å². The van der Waals surface area contributed by atoms with Gasteiger partial charge in [-0.2, -0.15) is 0 Å². The van der Waals surface area contributed by atoms with E-state index in [2.05, 4.69) is 70.0 Å². The summed E-state index contributed by atoms with van der Waals surface area (Å²) in [6.45, 7) is 14.9. The Labute approximate surface area is 112 Å². The van der Waals surface area contributed by atoms with Gasteiger partial charge in [-0.3, -0.25) is 0 Å². The molecule has 0 saturated heterocycles. The number of aromatic nitrogens is 1. The van der Waals surface area contributed by atoms with Gasteiger partial charge in [-0.15, -0.1) is 0 Å². The van der Waals surface area contributed by atoms with Crippen LogP contribution in [0.15, 0.2) is 18.2 Å². The molecule has 0 spiro atoms. The Balaban J connectivity index is 2.79. The van der Waals surface area contributed by atoms with E-state index in [9.17, 15) is 0 Å². The Morgan fingerprint density at radius 3 is 2.44 bits per heavy atom. The van der Waals surface area contributed by atoms with Crippen molar-refractivity contribution in [1.82, 2.24) is 10.3 Å². The Hall–Kier alpha value is -1.09. The quantitative estimate of drug-likeness (QED) is 0.868. The minimum atomic E-state index is 0.125. The summed E-state index contributed by atoms with van der Waals surface area (Å²) in [5.41, 5.74) is 1.22. The maximum absolute atomic E-state index is 4.73. The van der Waals surface area contributed by atoms with Crippen molar-refractivity contribution in [2.24, 2.45) is 0 Å². The molecular formula is C15H27N3. The minimum absolute atomic E-state index is 0.125. The van der Waals surface area contributed by atoms with Crippen molar-refractivity contribution in [2.45, 2.75) is 59.7 Å². The van der Waals surface area contributed by atoms with E-state index in [-0.39, 0.29) is 5.54 Å². The molecule has 0 aliphatic heterocycles. The Kier molecular flexibility index (Phi) is 5.15. The van der Waals surface area contributed by atoms with Crippen molar-refractivity contribution in [3.05, 3.63) is 23.9 Å². The first-order valence-electron chi connectivity index (χ1n) is 6.81. The molecule has 1 N–H and O–H groups in total. The highest BCUT2D eigenvalue weighted by molar-refractivity contribution is 5.40. The molecular weight excluding hydrogens is 222 g/mol. The minimum Gasteiger partial charge on any atom is -0.354 e. The topological polar surface area (TPSA) is 28.2 Å². The lowest BCUT2D eigenvalue weighted by Gasteiger charge is -2.27. The lowest BCUT2D eigenvalue weighted by molar-refractivity contribution is 0.421. The Bertz CT molecular complexity index is 366. The molecule has 1 rings (SSSR count). The van der Waals surface area contributed by atoms with E-state index in [1.165, 1.54) is 0 Å². The third kappa shape index (κ3) is 4.65. The largest absolute Gasteiger partial charge is 0.354 e. The average molecular weight is 249 g/mol. The van der Waals surface area contributed by atoms with Crippen molar-refractivity contribution in [3.8, 4) is 0 Å². The van der Waals surface area contributed by atoms with Crippen LogP contribution in [0.4, 0.5) is 5.82 Å². The molecule has 0 fully saturated rings. The van der Waals surface area contributed by atoms with Crippen molar-refractivity contribution in [2.75, 3.05) is 11.4 Å². The maximum Gasteiger partial charge on any atom is 0.129 e. The van der Waals surface area contributed by atoms with Gasteiger partial charge in [0, 0.05) is 24.7 Å². The van der Waals surface area contributed by atoms with Crippen LogP contribution in [0.5, 0.6) is 0 Å². The second kappa shape index (κ2) is 6.19. The van der Waals surface area contributed by atoms with Gasteiger partial charge in [0.25, 0.3) is 0 Å². The highest BCUT2D eigenvalue weighted by atomic mass is 15.2. The summed E-state index contributed by atoms with van der Waals surface area (Å²) in [4.78, 5) is 7.04. The number of anilines is 1. The molecule has 0 aromatic carbocycles. The fraction of sp³-hybridized carbons (Fsp3) is 0.667. The molecule has 0 radical (unpaired) electrons. The van der Waals surface area contributed by atoms with Gasteiger partial charge >= 0.3 is 0 Å². The van der Waals surface area contributed by atoms with E-state index in [4.69, 9.17) is 4.98 Å². The number of pyridine rings is 1. The molecule has 3 heteroatoms. The molecule has 0 aliphatic carbocycles. The molecule has 102 valence electrons. The number of nitrogens with one attached hydrogen (secondary N) is 1. The van der Waals surface area contributed by atoms with Gasteiger partial charge in [0.05, 0.1) is 5.69 Å². The van der Waals surface area contributed by atoms with E-state index >= 15 is 0 Å². The van der Waals surface area contributed by atoms with E-state index in [0.29, 0.717) is 6.04 Å². The van der Waals surface area contributed by atoms with Crippen molar-refractivity contribution >= 4 is 5.82 Å². The predicted octanol–water partition coefficient (Wildman–Crippen LogP) is 3.20. The molecule has 0 bridgehead atoms. The smallest absolute Gasteiger partial charge is 0.129 e. The summed E-state index contributed by atoms with van der Waals surface area (Å²) < 4.78 is 0. The van der Waals surface area contributed by atoms with Gasteiger partial charge in [0.2, 0.25) is 0 Å². The lowest BCUT2D eigenvalue weighted by Crippen LogP contribution is -2.35. The van der Waals surface area contributed by atoms with Crippen molar-refractivity contribution in [3.63, 3.8) is 0 Å². The van der Waals surface area contributed by atoms with Crippen LogP contribution in [-0.4, -0.2) is 23.1 Å². The van der Waals surface area contributed by atoms with Crippen LogP contribution in [-0.2, 0) is 6.54 Å². The van der Waals surface area contributed by atoms with Gasteiger partial charge in [-0.1, -0.05) is 6.07 Å². The van der Waals surface area contributed by atoms with Crippen molar-refractivity contribution < 1.29 is 0 Å². The first-order valence-corrected chi connectivity index (χ1v) is 6.81. The third-order valence-corrected chi connectivity index (χ3v) is 2.85. The maximum atomic E-state index is 4.73. The van der Waals surface area contributed by atoms with Gasteiger partial charge in [0.1, 0.15) is 5.82 Å². The number of hydrogen-bond acceptors (Lipinski definition) is 3. The standard InChI is InChI=1S/C15H27N3/c1-7-18(12(2)3)14-10-8-9-13(17-14)11-16-15(4,5)6/h8-10,12,16H,7,11H2,1-6H3. The Morgan fingerprint density at radius 2 is 1.94 bits per heavy atom. The zero-order chi connectivity index (χ0) is 13.8. The summed E-state index contributed by atoms with van der Waals surface area (Å²) in [6, 6.07) is 6.74. The summed E-state index contributed by atoms with van der Waals surface area (Å²) in [6.07, 6.45) is 0.